The molecule has 1 heterocycles. The largest absolute Gasteiger partial charge is 0.385 e. The predicted octanol–water partition coefficient (Wildman–Crippen LogP) is 2.12. The van der Waals surface area contributed by atoms with Crippen LogP contribution in [0.15, 0.2) is 24.3 Å². The Bertz CT molecular complexity index is 471. The molecule has 22 heavy (non-hydrogen) atoms. The lowest BCUT2D eigenvalue weighted by Crippen LogP contribution is -2.52. The Morgan fingerprint density at radius 2 is 1.95 bits per heavy atom. The van der Waals surface area contributed by atoms with Gasteiger partial charge in [-0.25, -0.2) is 4.79 Å². The van der Waals surface area contributed by atoms with Gasteiger partial charge in [-0.05, 0) is 24.5 Å². The van der Waals surface area contributed by atoms with E-state index in [0.29, 0.717) is 13.2 Å². The van der Waals surface area contributed by atoms with Gasteiger partial charge in [0.2, 0.25) is 0 Å². The maximum absolute atomic E-state index is 12.1. The van der Waals surface area contributed by atoms with E-state index in [1.165, 1.54) is 11.3 Å². The molecular formula is C17H27N3O2. The van der Waals surface area contributed by atoms with Gasteiger partial charge in [-0.3, -0.25) is 0 Å². The maximum atomic E-state index is 12.1. The van der Waals surface area contributed by atoms with Crippen LogP contribution in [0.5, 0.6) is 0 Å². The molecule has 0 atom stereocenters. The zero-order valence-electron chi connectivity index (χ0n) is 13.7. The van der Waals surface area contributed by atoms with E-state index in [1.54, 1.807) is 7.11 Å². The van der Waals surface area contributed by atoms with Crippen LogP contribution in [0.4, 0.5) is 10.5 Å². The standard InChI is InChI=1S/C17H27N3O2/c1-3-15-7-4-5-8-16(15)19-10-12-20(13-11-19)17(21)18-9-6-14-22-2/h4-5,7-8H,3,6,9-14H2,1-2H3,(H,18,21). The smallest absolute Gasteiger partial charge is 0.317 e. The fourth-order valence-corrected chi connectivity index (χ4v) is 2.79. The first-order valence-electron chi connectivity index (χ1n) is 8.10. The van der Waals surface area contributed by atoms with Crippen molar-refractivity contribution in [1.29, 1.82) is 0 Å². The highest BCUT2D eigenvalue weighted by Gasteiger charge is 2.21. The highest BCUT2D eigenvalue weighted by Crippen LogP contribution is 2.22. The molecule has 2 amide bonds. The lowest BCUT2D eigenvalue weighted by molar-refractivity contribution is 0.183. The summed E-state index contributed by atoms with van der Waals surface area (Å²) in [5, 5.41) is 2.95. The van der Waals surface area contributed by atoms with Crippen LogP contribution in [0.25, 0.3) is 0 Å². The number of methoxy groups -OCH3 is 1. The van der Waals surface area contributed by atoms with Crippen molar-refractivity contribution in [1.82, 2.24) is 10.2 Å². The normalized spacial score (nSPS) is 15.0. The molecule has 5 heteroatoms. The van der Waals surface area contributed by atoms with Crippen molar-refractivity contribution in [3.63, 3.8) is 0 Å². The van der Waals surface area contributed by atoms with Crippen molar-refractivity contribution < 1.29 is 9.53 Å². The van der Waals surface area contributed by atoms with Gasteiger partial charge in [0.05, 0.1) is 0 Å². The summed E-state index contributed by atoms with van der Waals surface area (Å²) in [5.41, 5.74) is 2.69. The zero-order chi connectivity index (χ0) is 15.8. The van der Waals surface area contributed by atoms with E-state index in [0.717, 1.165) is 39.0 Å². The monoisotopic (exact) mass is 305 g/mol. The van der Waals surface area contributed by atoms with Crippen LogP contribution in [0.2, 0.25) is 0 Å². The number of benzene rings is 1. The average molecular weight is 305 g/mol. The number of para-hydroxylation sites is 1. The average Bonchev–Trinajstić information content (AvgIpc) is 2.58. The number of carbonyl (C=O) groups excluding carboxylic acids is 1. The van der Waals surface area contributed by atoms with E-state index in [9.17, 15) is 4.79 Å². The van der Waals surface area contributed by atoms with E-state index in [2.05, 4.69) is 41.4 Å². The van der Waals surface area contributed by atoms with Gasteiger partial charge < -0.3 is 19.9 Å². The number of nitrogens with zero attached hydrogens (tertiary/aromatic N) is 2. The summed E-state index contributed by atoms with van der Waals surface area (Å²) in [4.78, 5) is 16.4. The minimum atomic E-state index is 0.0412. The highest BCUT2D eigenvalue weighted by atomic mass is 16.5. The Balaban J connectivity index is 1.81. The number of hydrogen-bond donors (Lipinski definition) is 1. The summed E-state index contributed by atoms with van der Waals surface area (Å²) in [7, 11) is 1.68. The van der Waals surface area contributed by atoms with Gasteiger partial charge in [0, 0.05) is 52.1 Å². The van der Waals surface area contributed by atoms with E-state index in [-0.39, 0.29) is 6.03 Å². The van der Waals surface area contributed by atoms with Crippen molar-refractivity contribution in [2.24, 2.45) is 0 Å². The van der Waals surface area contributed by atoms with E-state index < -0.39 is 0 Å². The first kappa shape index (κ1) is 16.6. The van der Waals surface area contributed by atoms with Crippen LogP contribution < -0.4 is 10.2 Å². The quantitative estimate of drug-likeness (QED) is 0.819. The summed E-state index contributed by atoms with van der Waals surface area (Å²) in [5.74, 6) is 0. The zero-order valence-corrected chi connectivity index (χ0v) is 13.7. The molecule has 1 fully saturated rings. The second-order valence-electron chi connectivity index (χ2n) is 5.53. The first-order valence-corrected chi connectivity index (χ1v) is 8.10. The number of hydrogen-bond acceptors (Lipinski definition) is 3. The third-order valence-corrected chi connectivity index (χ3v) is 4.08. The van der Waals surface area contributed by atoms with Crippen LogP contribution in [0.3, 0.4) is 0 Å². The molecule has 0 bridgehead atoms. The van der Waals surface area contributed by atoms with Crippen LogP contribution in [-0.4, -0.2) is 57.4 Å². The molecule has 0 aromatic heterocycles. The fourth-order valence-electron chi connectivity index (χ4n) is 2.79. The molecule has 0 aliphatic carbocycles. The molecule has 122 valence electrons. The van der Waals surface area contributed by atoms with Crippen LogP contribution in [0, 0.1) is 0 Å². The summed E-state index contributed by atoms with van der Waals surface area (Å²) in [6.07, 6.45) is 1.89. The van der Waals surface area contributed by atoms with E-state index in [4.69, 9.17) is 4.74 Å². The third kappa shape index (κ3) is 4.37. The molecule has 0 spiro atoms. The van der Waals surface area contributed by atoms with Gasteiger partial charge in [-0.15, -0.1) is 0 Å². The molecule has 1 aromatic carbocycles. The highest BCUT2D eigenvalue weighted by molar-refractivity contribution is 5.74. The Hall–Kier alpha value is -1.75. The number of anilines is 1. The van der Waals surface area contributed by atoms with Gasteiger partial charge >= 0.3 is 6.03 Å². The second kappa shape index (κ2) is 8.63. The van der Waals surface area contributed by atoms with Crippen molar-refractivity contribution in [3.05, 3.63) is 29.8 Å². The Morgan fingerprint density at radius 3 is 2.64 bits per heavy atom. The van der Waals surface area contributed by atoms with Crippen molar-refractivity contribution in [2.75, 3.05) is 51.3 Å². The molecule has 1 saturated heterocycles. The van der Waals surface area contributed by atoms with Gasteiger partial charge in [0.15, 0.2) is 0 Å². The van der Waals surface area contributed by atoms with Crippen molar-refractivity contribution in [2.45, 2.75) is 19.8 Å². The van der Waals surface area contributed by atoms with Gasteiger partial charge in [-0.1, -0.05) is 25.1 Å². The van der Waals surface area contributed by atoms with E-state index >= 15 is 0 Å². The number of urea groups is 1. The first-order chi connectivity index (χ1) is 10.8. The molecule has 0 unspecified atom stereocenters. The number of nitrogens with one attached hydrogen (secondary N) is 1. The minimum absolute atomic E-state index is 0.0412. The molecule has 0 saturated carbocycles. The van der Waals surface area contributed by atoms with Crippen LogP contribution >= 0.6 is 0 Å². The molecule has 1 aliphatic rings. The lowest BCUT2D eigenvalue weighted by atomic mass is 10.1. The maximum Gasteiger partial charge on any atom is 0.317 e. The van der Waals surface area contributed by atoms with Crippen LogP contribution in [0.1, 0.15) is 18.9 Å². The van der Waals surface area contributed by atoms with Gasteiger partial charge in [0.25, 0.3) is 0 Å². The lowest BCUT2D eigenvalue weighted by Gasteiger charge is -2.37. The van der Waals surface area contributed by atoms with E-state index in [1.807, 2.05) is 4.90 Å². The summed E-state index contributed by atoms with van der Waals surface area (Å²) in [6.45, 7) is 6.86. The van der Waals surface area contributed by atoms with Crippen LogP contribution in [-0.2, 0) is 11.2 Å². The second-order valence-corrected chi connectivity index (χ2v) is 5.53. The van der Waals surface area contributed by atoms with Gasteiger partial charge in [-0.2, -0.15) is 0 Å². The molecule has 0 radical (unpaired) electrons. The Morgan fingerprint density at radius 1 is 1.23 bits per heavy atom. The Kier molecular flexibility index (Phi) is 6.52. The summed E-state index contributed by atoms with van der Waals surface area (Å²) < 4.78 is 4.98. The molecule has 1 N–H and O–H groups in total. The van der Waals surface area contributed by atoms with Crippen molar-refractivity contribution in [3.8, 4) is 0 Å². The molecule has 1 aromatic rings. The molecular weight excluding hydrogens is 278 g/mol. The number of ether oxygens (including phenoxy) is 1. The summed E-state index contributed by atoms with van der Waals surface area (Å²) in [6, 6.07) is 8.58. The molecule has 2 rings (SSSR count). The Labute approximate surface area is 133 Å². The SMILES string of the molecule is CCc1ccccc1N1CCN(C(=O)NCCCOC)CC1. The molecule has 5 nitrogen and oxygen atoms in total. The van der Waals surface area contributed by atoms with Crippen molar-refractivity contribution >= 4 is 11.7 Å². The molecule has 1 aliphatic heterocycles. The summed E-state index contributed by atoms with van der Waals surface area (Å²) >= 11 is 0. The van der Waals surface area contributed by atoms with Gasteiger partial charge in [0.1, 0.15) is 0 Å². The number of rotatable bonds is 6. The number of piperazine rings is 1. The third-order valence-electron chi connectivity index (χ3n) is 4.08. The number of carbonyl (C=O) groups is 1. The topological polar surface area (TPSA) is 44.8 Å². The minimum Gasteiger partial charge on any atom is -0.385 e. The number of aryl methyl sites for hydroxylation is 1. The predicted molar refractivity (Wildman–Crippen MR) is 89.5 cm³/mol. The fraction of sp³-hybridized carbons (Fsp3) is 0.588. The number of amides is 2.